The Kier molecular flexibility index (Phi) is 4.21. The highest BCUT2D eigenvalue weighted by Gasteiger charge is 2.31. The van der Waals surface area contributed by atoms with Crippen LogP contribution >= 0.6 is 0 Å². The van der Waals surface area contributed by atoms with Crippen molar-refractivity contribution in [3.05, 3.63) is 36.0 Å². The van der Waals surface area contributed by atoms with E-state index >= 15 is 0 Å². The molecule has 0 unspecified atom stereocenters. The van der Waals surface area contributed by atoms with Crippen molar-refractivity contribution in [2.24, 2.45) is 0 Å². The molecule has 0 aliphatic carbocycles. The molecule has 1 aromatic carbocycles. The van der Waals surface area contributed by atoms with Gasteiger partial charge in [-0.1, -0.05) is 12.1 Å². The van der Waals surface area contributed by atoms with Gasteiger partial charge in [0.2, 0.25) is 0 Å². The molecule has 0 saturated heterocycles. The van der Waals surface area contributed by atoms with E-state index in [1.165, 1.54) is 24.4 Å². The molecule has 0 aliphatic rings. The summed E-state index contributed by atoms with van der Waals surface area (Å²) < 4.78 is 40.0. The zero-order valence-electron chi connectivity index (χ0n) is 9.82. The lowest BCUT2D eigenvalue weighted by molar-refractivity contribution is -0.274. The number of nitrogens with zero attached hydrogens (tertiary/aromatic N) is 2. The van der Waals surface area contributed by atoms with E-state index in [4.69, 9.17) is 5.26 Å². The maximum absolute atomic E-state index is 12.1. The smallest absolute Gasteiger partial charge is 0.406 e. The van der Waals surface area contributed by atoms with Crippen LogP contribution in [-0.2, 0) is 0 Å². The predicted molar refractivity (Wildman–Crippen MR) is 60.4 cm³/mol. The van der Waals surface area contributed by atoms with E-state index in [1.54, 1.807) is 25.1 Å². The van der Waals surface area contributed by atoms with Gasteiger partial charge in [-0.3, -0.25) is 0 Å². The number of alkyl halides is 3. The Labute approximate surface area is 103 Å². The van der Waals surface area contributed by atoms with Gasteiger partial charge in [-0.25, -0.2) is 0 Å². The third-order valence-electron chi connectivity index (χ3n) is 1.89. The lowest BCUT2D eigenvalue weighted by Gasteiger charge is -2.10. The minimum atomic E-state index is -4.74. The Morgan fingerprint density at radius 1 is 1.39 bits per heavy atom. The zero-order chi connectivity index (χ0) is 13.8. The SMILES string of the molecule is CN(C)/C=C(/C#N)c1cccc(OC(F)(F)F)c1. The number of allylic oxidation sites excluding steroid dienone is 1. The van der Waals surface area contributed by atoms with Gasteiger partial charge in [0.25, 0.3) is 0 Å². The van der Waals surface area contributed by atoms with Gasteiger partial charge in [-0.15, -0.1) is 13.2 Å². The number of nitriles is 1. The largest absolute Gasteiger partial charge is 0.573 e. The van der Waals surface area contributed by atoms with Crippen LogP contribution in [0.15, 0.2) is 30.5 Å². The highest BCUT2D eigenvalue weighted by molar-refractivity contribution is 5.76. The minimum absolute atomic E-state index is 0.257. The van der Waals surface area contributed by atoms with Crippen LogP contribution in [0.1, 0.15) is 5.56 Å². The third-order valence-corrected chi connectivity index (χ3v) is 1.89. The highest BCUT2D eigenvalue weighted by atomic mass is 19.4. The van der Waals surface area contributed by atoms with Crippen LogP contribution in [0.4, 0.5) is 13.2 Å². The molecule has 0 fully saturated rings. The quantitative estimate of drug-likeness (QED) is 0.780. The van der Waals surface area contributed by atoms with E-state index in [1.807, 2.05) is 6.07 Å². The molecule has 0 aromatic heterocycles. The van der Waals surface area contributed by atoms with Gasteiger partial charge in [0.15, 0.2) is 0 Å². The second kappa shape index (κ2) is 5.45. The lowest BCUT2D eigenvalue weighted by Crippen LogP contribution is -2.17. The molecule has 3 nitrogen and oxygen atoms in total. The fourth-order valence-corrected chi connectivity index (χ4v) is 1.29. The minimum Gasteiger partial charge on any atom is -0.406 e. The average molecular weight is 256 g/mol. The van der Waals surface area contributed by atoms with Crippen molar-refractivity contribution in [1.82, 2.24) is 4.90 Å². The monoisotopic (exact) mass is 256 g/mol. The molecule has 0 N–H and O–H groups in total. The summed E-state index contributed by atoms with van der Waals surface area (Å²) in [7, 11) is 3.43. The van der Waals surface area contributed by atoms with E-state index in [9.17, 15) is 13.2 Å². The topological polar surface area (TPSA) is 36.3 Å². The Morgan fingerprint density at radius 2 is 2.06 bits per heavy atom. The molecule has 0 spiro atoms. The fourth-order valence-electron chi connectivity index (χ4n) is 1.29. The van der Waals surface area contributed by atoms with Crippen LogP contribution in [0.2, 0.25) is 0 Å². The summed E-state index contributed by atoms with van der Waals surface area (Å²) in [5.74, 6) is -0.347. The molecule has 0 radical (unpaired) electrons. The van der Waals surface area contributed by atoms with Crippen LogP contribution in [0.25, 0.3) is 5.57 Å². The van der Waals surface area contributed by atoms with Crippen LogP contribution < -0.4 is 4.74 Å². The molecular weight excluding hydrogens is 245 g/mol. The van der Waals surface area contributed by atoms with E-state index in [0.29, 0.717) is 5.56 Å². The summed E-state index contributed by atoms with van der Waals surface area (Å²) in [6, 6.07) is 7.22. The fraction of sp³-hybridized carbons (Fsp3) is 0.250. The molecule has 0 saturated carbocycles. The maximum atomic E-state index is 12.1. The first-order valence-corrected chi connectivity index (χ1v) is 4.96. The molecule has 6 heteroatoms. The summed E-state index contributed by atoms with van der Waals surface area (Å²) in [5, 5.41) is 8.94. The molecule has 18 heavy (non-hydrogen) atoms. The summed E-state index contributed by atoms with van der Waals surface area (Å²) >= 11 is 0. The molecule has 0 atom stereocenters. The van der Waals surface area contributed by atoms with Crippen LogP contribution in [0.3, 0.4) is 0 Å². The third kappa shape index (κ3) is 4.37. The van der Waals surface area contributed by atoms with E-state index < -0.39 is 6.36 Å². The van der Waals surface area contributed by atoms with E-state index in [-0.39, 0.29) is 11.3 Å². The first kappa shape index (κ1) is 13.9. The van der Waals surface area contributed by atoms with Crippen LogP contribution in [0.5, 0.6) is 5.75 Å². The Balaban J connectivity index is 3.05. The number of ether oxygens (including phenoxy) is 1. The van der Waals surface area contributed by atoms with Gasteiger partial charge in [0.1, 0.15) is 11.8 Å². The van der Waals surface area contributed by atoms with Crippen molar-refractivity contribution in [3.8, 4) is 11.8 Å². The Morgan fingerprint density at radius 3 is 2.56 bits per heavy atom. The van der Waals surface area contributed by atoms with E-state index in [2.05, 4.69) is 4.74 Å². The summed E-state index contributed by atoms with van der Waals surface area (Å²) in [5.41, 5.74) is 0.626. The lowest BCUT2D eigenvalue weighted by atomic mass is 10.1. The molecule has 96 valence electrons. The molecular formula is C12H11F3N2O. The summed E-state index contributed by atoms with van der Waals surface area (Å²) in [6.07, 6.45) is -3.22. The van der Waals surface area contributed by atoms with Crippen molar-refractivity contribution < 1.29 is 17.9 Å². The number of hydrogen-bond acceptors (Lipinski definition) is 3. The summed E-state index contributed by atoms with van der Waals surface area (Å²) in [6.45, 7) is 0. The number of hydrogen-bond donors (Lipinski definition) is 0. The van der Waals surface area contributed by atoms with Gasteiger partial charge < -0.3 is 9.64 Å². The summed E-state index contributed by atoms with van der Waals surface area (Å²) in [4.78, 5) is 1.63. The predicted octanol–water partition coefficient (Wildman–Crippen LogP) is 3.01. The first-order valence-electron chi connectivity index (χ1n) is 4.96. The Bertz CT molecular complexity index is 487. The van der Waals surface area contributed by atoms with Crippen molar-refractivity contribution >= 4 is 5.57 Å². The number of rotatable bonds is 3. The molecule has 0 amide bonds. The number of benzene rings is 1. The van der Waals surface area contributed by atoms with Crippen molar-refractivity contribution in [1.29, 1.82) is 5.26 Å². The van der Waals surface area contributed by atoms with Gasteiger partial charge in [0, 0.05) is 20.3 Å². The molecule has 0 bridgehead atoms. The van der Waals surface area contributed by atoms with Gasteiger partial charge in [0.05, 0.1) is 5.57 Å². The average Bonchev–Trinajstić information content (AvgIpc) is 2.23. The normalized spacial score (nSPS) is 11.9. The van der Waals surface area contributed by atoms with Gasteiger partial charge >= 0.3 is 6.36 Å². The molecule has 1 rings (SSSR count). The van der Waals surface area contributed by atoms with Crippen LogP contribution in [0, 0.1) is 11.3 Å². The zero-order valence-corrected chi connectivity index (χ0v) is 9.82. The number of halogens is 3. The second-order valence-electron chi connectivity index (χ2n) is 3.69. The van der Waals surface area contributed by atoms with E-state index in [0.717, 1.165) is 0 Å². The van der Waals surface area contributed by atoms with Crippen molar-refractivity contribution in [2.45, 2.75) is 6.36 Å². The first-order chi connectivity index (χ1) is 8.31. The highest BCUT2D eigenvalue weighted by Crippen LogP contribution is 2.25. The van der Waals surface area contributed by atoms with Gasteiger partial charge in [-0.05, 0) is 17.7 Å². The Hall–Kier alpha value is -2.16. The molecule has 1 aromatic rings. The standard InChI is InChI=1S/C12H11F3N2O/c1-17(2)8-10(7-16)9-4-3-5-11(6-9)18-12(13,14)15/h3-6,8H,1-2H3/b10-8-. The maximum Gasteiger partial charge on any atom is 0.573 e. The van der Waals surface area contributed by atoms with Crippen LogP contribution in [-0.4, -0.2) is 25.4 Å². The van der Waals surface area contributed by atoms with Crippen molar-refractivity contribution in [3.63, 3.8) is 0 Å². The molecule has 0 aliphatic heterocycles. The second-order valence-corrected chi connectivity index (χ2v) is 3.69. The molecule has 0 heterocycles. The van der Waals surface area contributed by atoms with Gasteiger partial charge in [-0.2, -0.15) is 5.26 Å². The van der Waals surface area contributed by atoms with Crippen molar-refractivity contribution in [2.75, 3.05) is 14.1 Å².